The second-order valence-corrected chi connectivity index (χ2v) is 13.1. The van der Waals surface area contributed by atoms with Gasteiger partial charge in [0, 0.05) is 11.8 Å². The maximum Gasteiger partial charge on any atom is 0.573 e. The molecule has 1 aliphatic heterocycles. The zero-order valence-corrected chi connectivity index (χ0v) is 25.8. The summed E-state index contributed by atoms with van der Waals surface area (Å²) in [5, 5.41) is 0. The molecule has 0 bridgehead atoms. The van der Waals surface area contributed by atoms with E-state index < -0.39 is 30.0 Å². The van der Waals surface area contributed by atoms with E-state index in [1.54, 1.807) is 0 Å². The van der Waals surface area contributed by atoms with Crippen LogP contribution in [0.2, 0.25) is 0 Å². The maximum atomic E-state index is 15.2. The van der Waals surface area contributed by atoms with Gasteiger partial charge in [-0.2, -0.15) is 8.78 Å². The summed E-state index contributed by atoms with van der Waals surface area (Å²) in [6.45, 7) is 3.79. The third-order valence-corrected chi connectivity index (χ3v) is 9.92. The Balaban J connectivity index is 1.05. The molecule has 0 aromatic heterocycles. The predicted molar refractivity (Wildman–Crippen MR) is 158 cm³/mol. The minimum atomic E-state index is -5.01. The standard InChI is InChI=1S/C35H44F6O4/c1-2-3-4-5-23-21-42-33(43-22-23)27-8-6-24(7-9-27)25-10-15-29(16-11-25)34(37,38)44-30-17-12-26(13-18-30)28-14-19-32(31(36)20-28)45-35(39,40)41/h12-14,17-20,23-25,27,29,33H,2-11,15-16,21-22H2,1H3. The van der Waals surface area contributed by atoms with Crippen LogP contribution in [0.4, 0.5) is 26.3 Å². The van der Waals surface area contributed by atoms with Crippen molar-refractivity contribution in [3.63, 3.8) is 0 Å². The summed E-state index contributed by atoms with van der Waals surface area (Å²) in [4.78, 5) is 0. The van der Waals surface area contributed by atoms with Gasteiger partial charge < -0.3 is 18.9 Å². The van der Waals surface area contributed by atoms with Gasteiger partial charge in [0.15, 0.2) is 17.9 Å². The summed E-state index contributed by atoms with van der Waals surface area (Å²) in [5.41, 5.74) is 0.712. The molecule has 2 aromatic rings. The molecule has 0 amide bonds. The third-order valence-electron chi connectivity index (χ3n) is 9.92. The summed E-state index contributed by atoms with van der Waals surface area (Å²) in [6, 6.07) is 8.69. The second kappa shape index (κ2) is 15.0. The number of hydrogen-bond donors (Lipinski definition) is 0. The fourth-order valence-electron chi connectivity index (χ4n) is 7.34. The molecule has 2 aliphatic carbocycles. The monoisotopic (exact) mass is 642 g/mol. The Morgan fingerprint density at radius 1 is 0.711 bits per heavy atom. The van der Waals surface area contributed by atoms with E-state index in [0.29, 0.717) is 42.1 Å². The summed E-state index contributed by atoms with van der Waals surface area (Å²) < 4.78 is 103. The van der Waals surface area contributed by atoms with E-state index in [4.69, 9.17) is 14.2 Å². The molecule has 2 aromatic carbocycles. The van der Waals surface area contributed by atoms with Crippen LogP contribution in [-0.4, -0.2) is 32.0 Å². The normalized spacial score (nSPS) is 28.1. The van der Waals surface area contributed by atoms with Gasteiger partial charge in [-0.3, -0.25) is 0 Å². The van der Waals surface area contributed by atoms with Gasteiger partial charge >= 0.3 is 12.5 Å². The van der Waals surface area contributed by atoms with E-state index in [-0.39, 0.29) is 17.6 Å². The van der Waals surface area contributed by atoms with Gasteiger partial charge in [-0.1, -0.05) is 44.4 Å². The highest BCUT2D eigenvalue weighted by Gasteiger charge is 2.45. The number of unbranched alkanes of at least 4 members (excludes halogenated alkanes) is 2. The van der Waals surface area contributed by atoms with Crippen LogP contribution < -0.4 is 9.47 Å². The van der Waals surface area contributed by atoms with Crippen LogP contribution in [0.3, 0.4) is 0 Å². The van der Waals surface area contributed by atoms with Crippen molar-refractivity contribution >= 4 is 0 Å². The van der Waals surface area contributed by atoms with Crippen molar-refractivity contribution in [2.45, 2.75) is 103 Å². The predicted octanol–water partition coefficient (Wildman–Crippen LogP) is 10.5. The van der Waals surface area contributed by atoms with Crippen LogP contribution in [0.1, 0.15) is 84.0 Å². The molecular weight excluding hydrogens is 598 g/mol. The highest BCUT2D eigenvalue weighted by molar-refractivity contribution is 5.65. The smallest absolute Gasteiger partial charge is 0.432 e. The molecule has 0 radical (unpaired) electrons. The van der Waals surface area contributed by atoms with Crippen LogP contribution in [0.5, 0.6) is 11.5 Å². The first-order valence-electron chi connectivity index (χ1n) is 16.5. The minimum Gasteiger partial charge on any atom is -0.432 e. The highest BCUT2D eigenvalue weighted by atomic mass is 19.4. The topological polar surface area (TPSA) is 36.9 Å². The Morgan fingerprint density at radius 2 is 1.29 bits per heavy atom. The molecule has 45 heavy (non-hydrogen) atoms. The third kappa shape index (κ3) is 9.31. The van der Waals surface area contributed by atoms with Gasteiger partial charge in [0.2, 0.25) is 0 Å². The number of rotatable bonds is 11. The SMILES string of the molecule is CCCCCC1COC(C2CCC(C3CCC(C(F)(F)Oc4ccc(-c5ccc(OC(F)(F)F)c(F)c5)cc4)CC3)CC2)OC1. The molecule has 3 fully saturated rings. The first-order chi connectivity index (χ1) is 21.5. The van der Waals surface area contributed by atoms with E-state index in [1.807, 2.05) is 0 Å². The quantitative estimate of drug-likeness (QED) is 0.181. The van der Waals surface area contributed by atoms with Crippen molar-refractivity contribution in [3.05, 3.63) is 48.3 Å². The first kappa shape index (κ1) is 33.9. The van der Waals surface area contributed by atoms with Gasteiger partial charge in [-0.15, -0.1) is 13.2 Å². The second-order valence-electron chi connectivity index (χ2n) is 13.1. The number of halogens is 6. The molecule has 0 unspecified atom stereocenters. The van der Waals surface area contributed by atoms with Crippen LogP contribution in [-0.2, 0) is 9.47 Å². The van der Waals surface area contributed by atoms with E-state index in [1.165, 1.54) is 56.0 Å². The van der Waals surface area contributed by atoms with Crippen molar-refractivity contribution in [3.8, 4) is 22.6 Å². The number of hydrogen-bond acceptors (Lipinski definition) is 4. The molecule has 0 atom stereocenters. The number of ether oxygens (including phenoxy) is 4. The van der Waals surface area contributed by atoms with Gasteiger partial charge in [0.1, 0.15) is 5.75 Å². The molecule has 0 N–H and O–H groups in total. The van der Waals surface area contributed by atoms with E-state index in [0.717, 1.165) is 63.9 Å². The fraction of sp³-hybridized carbons (Fsp3) is 0.657. The number of benzene rings is 2. The lowest BCUT2D eigenvalue weighted by atomic mass is 9.69. The Morgan fingerprint density at radius 3 is 1.87 bits per heavy atom. The molecular formula is C35H44F6O4. The van der Waals surface area contributed by atoms with Crippen LogP contribution in [0.15, 0.2) is 42.5 Å². The molecule has 1 heterocycles. The van der Waals surface area contributed by atoms with Crippen molar-refractivity contribution < 1.29 is 45.3 Å². The van der Waals surface area contributed by atoms with Crippen molar-refractivity contribution in [2.24, 2.45) is 29.6 Å². The zero-order valence-electron chi connectivity index (χ0n) is 25.8. The van der Waals surface area contributed by atoms with Gasteiger partial charge in [0.25, 0.3) is 0 Å². The van der Waals surface area contributed by atoms with Crippen LogP contribution in [0, 0.1) is 35.4 Å². The maximum absolute atomic E-state index is 15.2. The zero-order chi connectivity index (χ0) is 32.0. The Kier molecular flexibility index (Phi) is 11.3. The fourth-order valence-corrected chi connectivity index (χ4v) is 7.34. The molecule has 3 aliphatic rings. The minimum absolute atomic E-state index is 0.0267. The summed E-state index contributed by atoms with van der Waals surface area (Å²) >= 11 is 0. The van der Waals surface area contributed by atoms with E-state index in [2.05, 4.69) is 11.7 Å². The molecule has 10 heteroatoms. The molecule has 250 valence electrons. The Hall–Kier alpha value is -2.46. The van der Waals surface area contributed by atoms with Gasteiger partial charge in [-0.25, -0.2) is 4.39 Å². The molecule has 2 saturated carbocycles. The summed E-state index contributed by atoms with van der Waals surface area (Å²) in [5.74, 6) is -1.12. The molecule has 0 spiro atoms. The summed E-state index contributed by atoms with van der Waals surface area (Å²) in [6.07, 6.45) is 3.02. The van der Waals surface area contributed by atoms with Crippen molar-refractivity contribution in [1.29, 1.82) is 0 Å². The largest absolute Gasteiger partial charge is 0.573 e. The van der Waals surface area contributed by atoms with E-state index >= 15 is 8.78 Å². The Labute approximate surface area is 261 Å². The Bertz CT molecular complexity index is 1200. The van der Waals surface area contributed by atoms with E-state index in [9.17, 15) is 17.6 Å². The number of alkyl halides is 5. The lowest BCUT2D eigenvalue weighted by Gasteiger charge is -2.41. The van der Waals surface area contributed by atoms with Crippen molar-refractivity contribution in [1.82, 2.24) is 0 Å². The van der Waals surface area contributed by atoms with Gasteiger partial charge in [-0.05, 0) is 105 Å². The average Bonchev–Trinajstić information content (AvgIpc) is 3.02. The highest BCUT2D eigenvalue weighted by Crippen LogP contribution is 2.46. The molecule has 5 rings (SSSR count). The van der Waals surface area contributed by atoms with Gasteiger partial charge in [0.05, 0.1) is 19.1 Å². The lowest BCUT2D eigenvalue weighted by molar-refractivity contribution is -0.275. The molecule has 4 nitrogen and oxygen atoms in total. The van der Waals surface area contributed by atoms with Crippen LogP contribution in [0.25, 0.3) is 11.1 Å². The lowest BCUT2D eigenvalue weighted by Crippen LogP contribution is -2.40. The first-order valence-corrected chi connectivity index (χ1v) is 16.5. The summed E-state index contributed by atoms with van der Waals surface area (Å²) in [7, 11) is 0. The average molecular weight is 643 g/mol. The molecule has 1 saturated heterocycles. The van der Waals surface area contributed by atoms with Crippen LogP contribution >= 0.6 is 0 Å². The van der Waals surface area contributed by atoms with Crippen molar-refractivity contribution in [2.75, 3.05) is 13.2 Å².